The largest absolute Gasteiger partial charge is 0.423 e. The normalized spacial score (nSPS) is 16.2. The number of methoxy groups -OCH3 is 1. The molecule has 1 fully saturated rings. The van der Waals surface area contributed by atoms with E-state index in [4.69, 9.17) is 9.47 Å². The van der Waals surface area contributed by atoms with Crippen LogP contribution in [0, 0.1) is 0 Å². The molecule has 2 aromatic rings. The van der Waals surface area contributed by atoms with E-state index in [-0.39, 0.29) is 31.5 Å². The van der Waals surface area contributed by atoms with Crippen molar-refractivity contribution in [2.24, 2.45) is 0 Å². The smallest absolute Gasteiger partial charge is 0.380 e. The molecule has 3 heterocycles. The lowest BCUT2D eigenvalue weighted by molar-refractivity contribution is -0.139. The van der Waals surface area contributed by atoms with Gasteiger partial charge in [0.25, 0.3) is 5.56 Å². The van der Waals surface area contributed by atoms with Crippen LogP contribution in [0.25, 0.3) is 0 Å². The van der Waals surface area contributed by atoms with E-state index in [0.29, 0.717) is 38.6 Å². The van der Waals surface area contributed by atoms with E-state index < -0.39 is 46.9 Å². The predicted octanol–water partition coefficient (Wildman–Crippen LogP) is 2.17. The number of H-pyrrole nitrogens is 1. The van der Waals surface area contributed by atoms with Crippen LogP contribution in [0.5, 0.6) is 0 Å². The number of nitrogens with zero attached hydrogens (tertiary/aromatic N) is 5. The van der Waals surface area contributed by atoms with Gasteiger partial charge in [-0.05, 0) is 6.92 Å². The molecule has 0 aliphatic carbocycles. The molecule has 0 unspecified atom stereocenters. The van der Waals surface area contributed by atoms with Crippen LogP contribution < -0.4 is 15.8 Å². The molecular formula is C22H27F6N7O4. The van der Waals surface area contributed by atoms with Gasteiger partial charge in [0.1, 0.15) is 5.56 Å². The van der Waals surface area contributed by atoms with Crippen LogP contribution in [0.3, 0.4) is 0 Å². The molecular weight excluding hydrogens is 540 g/mol. The van der Waals surface area contributed by atoms with Gasteiger partial charge in [-0.25, -0.2) is 15.1 Å². The molecule has 2 atom stereocenters. The van der Waals surface area contributed by atoms with Gasteiger partial charge in [0.05, 0.1) is 49.2 Å². The van der Waals surface area contributed by atoms with E-state index in [9.17, 15) is 35.9 Å². The summed E-state index contributed by atoms with van der Waals surface area (Å²) in [5.74, 6) is -0.0982. The van der Waals surface area contributed by atoms with Crippen LogP contribution in [0.15, 0.2) is 23.4 Å². The first-order valence-corrected chi connectivity index (χ1v) is 11.7. The molecule has 0 radical (unpaired) electrons. The van der Waals surface area contributed by atoms with Crippen molar-refractivity contribution in [1.29, 1.82) is 0 Å². The van der Waals surface area contributed by atoms with Gasteiger partial charge in [-0.1, -0.05) is 0 Å². The maximum atomic E-state index is 13.4. The Morgan fingerprint density at radius 2 is 1.72 bits per heavy atom. The number of anilines is 2. The molecule has 17 heteroatoms. The molecule has 1 aliphatic heterocycles. The molecule has 0 saturated carbocycles. The van der Waals surface area contributed by atoms with Gasteiger partial charge in [-0.3, -0.25) is 9.59 Å². The molecule has 39 heavy (non-hydrogen) atoms. The molecule has 1 aliphatic rings. The highest BCUT2D eigenvalue weighted by molar-refractivity contribution is 5.76. The highest BCUT2D eigenvalue weighted by Gasteiger charge is 2.38. The Morgan fingerprint density at radius 3 is 2.28 bits per heavy atom. The number of alkyl halides is 6. The first-order valence-electron chi connectivity index (χ1n) is 11.7. The fourth-order valence-electron chi connectivity index (χ4n) is 3.76. The van der Waals surface area contributed by atoms with Crippen molar-refractivity contribution in [1.82, 2.24) is 25.1 Å². The van der Waals surface area contributed by atoms with Gasteiger partial charge in [-0.15, -0.1) is 0 Å². The summed E-state index contributed by atoms with van der Waals surface area (Å²) in [5.41, 5.74) is -4.31. The SMILES string of the molecule is CO[C@H](C)[C@@H](COCCC(=O)N1CCN(c2ncc(C(F)(F)F)cn2)CC1)Nc1cn[nH]c(=O)c1C(F)(F)F. The minimum atomic E-state index is -4.92. The average molecular weight is 567 g/mol. The molecule has 2 aromatic heterocycles. The third kappa shape index (κ3) is 8.01. The summed E-state index contributed by atoms with van der Waals surface area (Å²) in [4.78, 5) is 35.0. The number of amides is 1. The fourth-order valence-corrected chi connectivity index (χ4v) is 3.76. The second kappa shape index (κ2) is 12.6. The number of ether oxygens (including phenoxy) is 2. The quantitative estimate of drug-likeness (QED) is 0.328. The molecule has 2 N–H and O–H groups in total. The topological polar surface area (TPSA) is 126 Å². The van der Waals surface area contributed by atoms with Crippen molar-refractivity contribution in [2.45, 2.75) is 37.8 Å². The number of aromatic nitrogens is 4. The summed E-state index contributed by atoms with van der Waals surface area (Å²) >= 11 is 0. The van der Waals surface area contributed by atoms with E-state index in [2.05, 4.69) is 20.4 Å². The van der Waals surface area contributed by atoms with Gasteiger partial charge in [0.15, 0.2) is 0 Å². The summed E-state index contributed by atoms with van der Waals surface area (Å²) in [6.07, 6.45) is -7.83. The maximum Gasteiger partial charge on any atom is 0.423 e. The lowest BCUT2D eigenvalue weighted by Crippen LogP contribution is -2.49. The van der Waals surface area contributed by atoms with Crippen LogP contribution in [0.1, 0.15) is 24.5 Å². The monoisotopic (exact) mass is 567 g/mol. The van der Waals surface area contributed by atoms with Crippen LogP contribution in [-0.2, 0) is 26.6 Å². The highest BCUT2D eigenvalue weighted by atomic mass is 19.4. The Bertz CT molecular complexity index is 1150. The molecule has 0 aromatic carbocycles. The van der Waals surface area contributed by atoms with Crippen molar-refractivity contribution >= 4 is 17.5 Å². The van der Waals surface area contributed by atoms with E-state index in [0.717, 1.165) is 6.20 Å². The van der Waals surface area contributed by atoms with E-state index in [1.54, 1.807) is 21.8 Å². The third-order valence-corrected chi connectivity index (χ3v) is 6.06. The minimum Gasteiger partial charge on any atom is -0.380 e. The highest BCUT2D eigenvalue weighted by Crippen LogP contribution is 2.32. The summed E-state index contributed by atoms with van der Waals surface area (Å²) in [6.45, 7) is 2.66. The number of nitrogens with one attached hydrogen (secondary N) is 2. The average Bonchev–Trinajstić information content (AvgIpc) is 2.88. The predicted molar refractivity (Wildman–Crippen MR) is 125 cm³/mol. The Kier molecular flexibility index (Phi) is 9.71. The van der Waals surface area contributed by atoms with Crippen molar-refractivity contribution < 1.29 is 40.6 Å². The number of hydrogen-bond acceptors (Lipinski definition) is 9. The number of piperazine rings is 1. The standard InChI is InChI=1S/C22H27F6N7O4/c1-13(38-2)16(32-15-11-31-33-19(37)18(15)22(26,27)28)12-39-8-3-17(36)34-4-6-35(7-5-34)20-29-9-14(10-30-20)21(23,24)25/h9-11,13,16H,3-8,12H2,1-2H3,(H2,32,33,37)/t13-,16-/m1/s1. The second-order valence-electron chi connectivity index (χ2n) is 8.64. The van der Waals surface area contributed by atoms with Crippen molar-refractivity contribution in [3.63, 3.8) is 0 Å². The van der Waals surface area contributed by atoms with Gasteiger partial charge in [0.2, 0.25) is 11.9 Å². The van der Waals surface area contributed by atoms with Crippen molar-refractivity contribution in [3.05, 3.63) is 40.1 Å². The first-order chi connectivity index (χ1) is 18.3. The van der Waals surface area contributed by atoms with Crippen LogP contribution in [-0.4, -0.2) is 89.6 Å². The first kappa shape index (κ1) is 30.1. The van der Waals surface area contributed by atoms with Gasteiger partial charge in [0, 0.05) is 45.7 Å². The van der Waals surface area contributed by atoms with Gasteiger partial charge < -0.3 is 24.6 Å². The molecule has 11 nitrogen and oxygen atoms in total. The zero-order valence-corrected chi connectivity index (χ0v) is 21.0. The maximum absolute atomic E-state index is 13.4. The summed E-state index contributed by atoms with van der Waals surface area (Å²) in [5, 5.41) is 7.78. The van der Waals surface area contributed by atoms with Crippen LogP contribution in [0.4, 0.5) is 38.0 Å². The second-order valence-corrected chi connectivity index (χ2v) is 8.64. The number of hydrogen-bond donors (Lipinski definition) is 2. The van der Waals surface area contributed by atoms with Crippen LogP contribution >= 0.6 is 0 Å². The molecule has 216 valence electrons. The van der Waals surface area contributed by atoms with Gasteiger partial charge in [-0.2, -0.15) is 31.4 Å². The summed E-state index contributed by atoms with van der Waals surface area (Å²) < 4.78 is 88.9. The number of aromatic amines is 1. The molecule has 0 spiro atoms. The zero-order valence-electron chi connectivity index (χ0n) is 21.0. The van der Waals surface area contributed by atoms with Crippen molar-refractivity contribution in [3.8, 4) is 0 Å². The van der Waals surface area contributed by atoms with E-state index in [1.807, 2.05) is 0 Å². The number of carbonyl (C=O) groups excluding carboxylic acids is 1. The molecule has 1 saturated heterocycles. The number of halogens is 6. The number of rotatable bonds is 10. The fraction of sp³-hybridized carbons (Fsp3) is 0.591. The third-order valence-electron chi connectivity index (χ3n) is 6.06. The Labute approximate surface area is 218 Å². The lowest BCUT2D eigenvalue weighted by atomic mass is 10.1. The molecule has 0 bridgehead atoms. The summed E-state index contributed by atoms with van der Waals surface area (Å²) in [7, 11) is 1.36. The molecule has 1 amide bonds. The van der Waals surface area contributed by atoms with E-state index >= 15 is 0 Å². The zero-order chi connectivity index (χ0) is 28.8. The van der Waals surface area contributed by atoms with Crippen LogP contribution in [0.2, 0.25) is 0 Å². The number of carbonyl (C=O) groups is 1. The lowest BCUT2D eigenvalue weighted by Gasteiger charge is -2.34. The molecule has 3 rings (SSSR count). The Morgan fingerprint density at radius 1 is 1.08 bits per heavy atom. The Hall–Kier alpha value is -3.47. The van der Waals surface area contributed by atoms with Crippen molar-refractivity contribution in [2.75, 3.05) is 56.7 Å². The van der Waals surface area contributed by atoms with Gasteiger partial charge >= 0.3 is 12.4 Å². The Balaban J connectivity index is 1.48. The van der Waals surface area contributed by atoms with E-state index in [1.165, 1.54) is 7.11 Å². The minimum absolute atomic E-state index is 0.00871. The summed E-state index contributed by atoms with van der Waals surface area (Å²) in [6, 6.07) is -0.804.